The summed E-state index contributed by atoms with van der Waals surface area (Å²) in [4.78, 5) is 30.3. The van der Waals surface area contributed by atoms with Gasteiger partial charge in [-0.05, 0) is 32.6 Å². The van der Waals surface area contributed by atoms with E-state index in [1.54, 1.807) is 0 Å². The quantitative estimate of drug-likeness (QED) is 0.800. The van der Waals surface area contributed by atoms with Gasteiger partial charge in [0.05, 0.1) is 12.2 Å². The molecule has 1 aromatic rings. The first-order valence-electron chi connectivity index (χ1n) is 9.36. The van der Waals surface area contributed by atoms with Crippen LogP contribution in [0.4, 0.5) is 4.79 Å². The summed E-state index contributed by atoms with van der Waals surface area (Å²) < 4.78 is 10.2. The lowest BCUT2D eigenvalue weighted by Crippen LogP contribution is -2.50. The number of nitrogens with zero attached hydrogens (tertiary/aromatic N) is 4. The first-order valence-corrected chi connectivity index (χ1v) is 9.36. The van der Waals surface area contributed by atoms with E-state index >= 15 is 0 Å². The molecular weight excluding hydrogens is 336 g/mol. The van der Waals surface area contributed by atoms with Crippen molar-refractivity contribution in [2.45, 2.75) is 39.3 Å². The zero-order valence-corrected chi connectivity index (χ0v) is 15.4. The number of aryl methyl sites for hydroxylation is 2. The fourth-order valence-electron chi connectivity index (χ4n) is 4.39. The van der Waals surface area contributed by atoms with E-state index in [1.807, 2.05) is 18.7 Å². The Morgan fingerprint density at radius 3 is 2.77 bits per heavy atom. The van der Waals surface area contributed by atoms with Crippen molar-refractivity contribution in [1.82, 2.24) is 19.9 Å². The van der Waals surface area contributed by atoms with Gasteiger partial charge in [0.2, 0.25) is 5.91 Å². The Morgan fingerprint density at radius 2 is 2.08 bits per heavy atom. The molecule has 142 valence electrons. The molecule has 5 rings (SSSR count). The van der Waals surface area contributed by atoms with Crippen LogP contribution in [0, 0.1) is 19.8 Å². The van der Waals surface area contributed by atoms with Gasteiger partial charge in [-0.25, -0.2) is 4.79 Å². The van der Waals surface area contributed by atoms with Gasteiger partial charge in [0.15, 0.2) is 0 Å². The van der Waals surface area contributed by atoms with Crippen LogP contribution in [0.25, 0.3) is 0 Å². The molecule has 0 aromatic carbocycles. The maximum atomic E-state index is 12.8. The number of hydrogen-bond donors (Lipinski definition) is 0. The van der Waals surface area contributed by atoms with Crippen molar-refractivity contribution in [2.75, 3.05) is 39.3 Å². The number of ether oxygens (including phenoxy) is 1. The number of carbonyl (C=O) groups is 2. The van der Waals surface area contributed by atoms with Crippen molar-refractivity contribution in [2.24, 2.45) is 5.92 Å². The van der Waals surface area contributed by atoms with Crippen molar-refractivity contribution >= 4 is 12.0 Å². The van der Waals surface area contributed by atoms with Gasteiger partial charge >= 0.3 is 6.09 Å². The summed E-state index contributed by atoms with van der Waals surface area (Å²) in [6.45, 7) is 8.38. The van der Waals surface area contributed by atoms with Crippen LogP contribution in [0.2, 0.25) is 0 Å². The van der Waals surface area contributed by atoms with Gasteiger partial charge in [-0.2, -0.15) is 0 Å². The Kier molecular flexibility index (Phi) is 4.60. The normalized spacial score (nSPS) is 26.3. The van der Waals surface area contributed by atoms with Crippen molar-refractivity contribution < 1.29 is 18.8 Å². The zero-order chi connectivity index (χ0) is 18.3. The standard InChI is InChI=1S/C18H26N4O4/c1-12-16(13(2)26-19-12)10-20-7-14-3-4-15(9-20)22(8-14)17(23)11-21-5-6-25-18(21)24/h14-15H,3-11H2,1-2H3/t14-,15+/m0/s1. The molecule has 0 aliphatic carbocycles. The molecule has 0 N–H and O–H groups in total. The molecule has 4 fully saturated rings. The Morgan fingerprint density at radius 1 is 1.23 bits per heavy atom. The number of fused-ring (bicyclic) bond motifs is 4. The van der Waals surface area contributed by atoms with Crippen molar-refractivity contribution in [3.8, 4) is 0 Å². The molecule has 5 heterocycles. The summed E-state index contributed by atoms with van der Waals surface area (Å²) in [5.41, 5.74) is 2.10. The zero-order valence-electron chi connectivity index (χ0n) is 15.4. The monoisotopic (exact) mass is 362 g/mol. The van der Waals surface area contributed by atoms with Gasteiger partial charge in [-0.15, -0.1) is 0 Å². The lowest BCUT2D eigenvalue weighted by atomic mass is 9.95. The molecule has 0 spiro atoms. The van der Waals surface area contributed by atoms with Crippen LogP contribution in [0.3, 0.4) is 0 Å². The summed E-state index contributed by atoms with van der Waals surface area (Å²) in [5, 5.41) is 4.05. The smallest absolute Gasteiger partial charge is 0.410 e. The van der Waals surface area contributed by atoms with Crippen molar-refractivity contribution in [3.05, 3.63) is 17.0 Å². The first-order chi connectivity index (χ1) is 12.5. The van der Waals surface area contributed by atoms with Crippen LogP contribution in [0.5, 0.6) is 0 Å². The highest BCUT2D eigenvalue weighted by atomic mass is 16.6. The fraction of sp³-hybridized carbons (Fsp3) is 0.722. The molecule has 4 saturated heterocycles. The molecule has 8 heteroatoms. The minimum atomic E-state index is -0.377. The molecule has 26 heavy (non-hydrogen) atoms. The third-order valence-electron chi connectivity index (χ3n) is 5.84. The minimum absolute atomic E-state index is 0.0396. The number of carbonyl (C=O) groups excluding carboxylic acids is 2. The molecule has 2 bridgehead atoms. The second-order valence-electron chi connectivity index (χ2n) is 7.68. The molecule has 0 saturated carbocycles. The van der Waals surface area contributed by atoms with Gasteiger partial charge in [-0.3, -0.25) is 14.6 Å². The number of aromatic nitrogens is 1. The van der Waals surface area contributed by atoms with Gasteiger partial charge in [0.25, 0.3) is 0 Å². The highest BCUT2D eigenvalue weighted by Gasteiger charge is 2.38. The van der Waals surface area contributed by atoms with Gasteiger partial charge < -0.3 is 14.2 Å². The average Bonchev–Trinajstić information content (AvgIpc) is 3.02. The molecule has 2 atom stereocenters. The van der Waals surface area contributed by atoms with Crippen LogP contribution in [-0.4, -0.2) is 77.2 Å². The predicted octanol–water partition coefficient (Wildman–Crippen LogP) is 1.17. The van der Waals surface area contributed by atoms with Gasteiger partial charge in [-0.1, -0.05) is 5.16 Å². The van der Waals surface area contributed by atoms with Crippen molar-refractivity contribution in [1.29, 1.82) is 0 Å². The molecule has 4 aliphatic heterocycles. The van der Waals surface area contributed by atoms with E-state index in [4.69, 9.17) is 9.26 Å². The van der Waals surface area contributed by atoms with E-state index in [0.29, 0.717) is 19.1 Å². The summed E-state index contributed by atoms with van der Waals surface area (Å²) >= 11 is 0. The van der Waals surface area contributed by atoms with E-state index in [9.17, 15) is 9.59 Å². The second-order valence-corrected chi connectivity index (χ2v) is 7.68. The van der Waals surface area contributed by atoms with Crippen LogP contribution in [0.15, 0.2) is 4.52 Å². The fourth-order valence-corrected chi connectivity index (χ4v) is 4.39. The van der Waals surface area contributed by atoms with Crippen LogP contribution < -0.4 is 0 Å². The third kappa shape index (κ3) is 3.30. The molecular formula is C18H26N4O4. The van der Waals surface area contributed by atoms with E-state index in [0.717, 1.165) is 56.0 Å². The Balaban J connectivity index is 1.43. The first kappa shape index (κ1) is 17.3. The largest absolute Gasteiger partial charge is 0.448 e. The average molecular weight is 362 g/mol. The SMILES string of the molecule is Cc1noc(C)c1CN1C[C@@H]2CC[C@H](C1)N(C(=O)CN1CCOC1=O)C2. The topological polar surface area (TPSA) is 79.1 Å². The molecule has 2 amide bonds. The number of cyclic esters (lactones) is 1. The molecule has 1 aromatic heterocycles. The van der Waals surface area contributed by atoms with E-state index in [2.05, 4.69) is 10.1 Å². The Bertz CT molecular complexity index is 684. The van der Waals surface area contributed by atoms with E-state index in [1.165, 1.54) is 4.90 Å². The summed E-state index contributed by atoms with van der Waals surface area (Å²) in [6, 6.07) is 0.209. The van der Waals surface area contributed by atoms with Gasteiger partial charge in [0, 0.05) is 37.8 Å². The second kappa shape index (κ2) is 6.90. The third-order valence-corrected chi connectivity index (χ3v) is 5.84. The maximum Gasteiger partial charge on any atom is 0.410 e. The van der Waals surface area contributed by atoms with Crippen LogP contribution in [-0.2, 0) is 16.1 Å². The lowest BCUT2D eigenvalue weighted by Gasteiger charge is -2.37. The van der Waals surface area contributed by atoms with Crippen LogP contribution >= 0.6 is 0 Å². The molecule has 0 unspecified atom stereocenters. The highest BCUT2D eigenvalue weighted by Crippen LogP contribution is 2.30. The molecule has 4 aliphatic rings. The van der Waals surface area contributed by atoms with E-state index in [-0.39, 0.29) is 24.6 Å². The molecule has 8 nitrogen and oxygen atoms in total. The van der Waals surface area contributed by atoms with E-state index < -0.39 is 0 Å². The predicted molar refractivity (Wildman–Crippen MR) is 92.4 cm³/mol. The Labute approximate surface area is 153 Å². The summed E-state index contributed by atoms with van der Waals surface area (Å²) in [6.07, 6.45) is 1.80. The number of piperidine rings is 1. The Hall–Kier alpha value is -2.09. The highest BCUT2D eigenvalue weighted by molar-refractivity contribution is 5.83. The minimum Gasteiger partial charge on any atom is -0.448 e. The van der Waals surface area contributed by atoms with Crippen LogP contribution in [0.1, 0.15) is 29.9 Å². The summed E-state index contributed by atoms with van der Waals surface area (Å²) in [5.74, 6) is 1.39. The van der Waals surface area contributed by atoms with Gasteiger partial charge in [0.1, 0.15) is 18.9 Å². The number of amides is 2. The lowest BCUT2D eigenvalue weighted by molar-refractivity contribution is -0.135. The number of rotatable bonds is 4. The maximum absolute atomic E-state index is 12.8. The molecule has 0 radical (unpaired) electrons. The summed E-state index contributed by atoms with van der Waals surface area (Å²) in [7, 11) is 0. The number of hydrogen-bond acceptors (Lipinski definition) is 6. The van der Waals surface area contributed by atoms with Crippen molar-refractivity contribution in [3.63, 3.8) is 0 Å².